The van der Waals surface area contributed by atoms with Gasteiger partial charge in [-0.2, -0.15) is 0 Å². The van der Waals surface area contributed by atoms with Crippen LogP contribution in [0.5, 0.6) is 0 Å². The molecule has 2 unspecified atom stereocenters. The monoisotopic (exact) mass is 341 g/mol. The Morgan fingerprint density at radius 3 is 2.33 bits per heavy atom. The van der Waals surface area contributed by atoms with Crippen LogP contribution < -0.4 is 0 Å². The van der Waals surface area contributed by atoms with Crippen LogP contribution in [-0.4, -0.2) is 31.0 Å². The summed E-state index contributed by atoms with van der Waals surface area (Å²) in [5.74, 6) is 1.17. The number of fused-ring (bicyclic) bond motifs is 2. The fourth-order valence-corrected chi connectivity index (χ4v) is 8.41. The van der Waals surface area contributed by atoms with Crippen LogP contribution in [0.1, 0.15) is 44.7 Å². The molecule has 0 spiro atoms. The maximum Gasteiger partial charge on any atom is 0.141 e. The van der Waals surface area contributed by atoms with E-state index in [0.29, 0.717) is 23.4 Å². The number of carbonyl (C=O) groups excluding carboxylic acids is 1. The lowest BCUT2D eigenvalue weighted by Crippen LogP contribution is -2.44. The number of hydrogen-bond donors (Lipinski definition) is 0. The van der Waals surface area contributed by atoms with Crippen molar-refractivity contribution < 1.29 is 4.79 Å². The summed E-state index contributed by atoms with van der Waals surface area (Å²) in [6.45, 7) is 13.1. The molecule has 2 aliphatic carbocycles. The van der Waals surface area contributed by atoms with E-state index in [1.165, 1.54) is 12.0 Å². The Kier molecular flexibility index (Phi) is 3.47. The van der Waals surface area contributed by atoms with Crippen LogP contribution in [0.15, 0.2) is 30.3 Å². The van der Waals surface area contributed by atoms with Crippen LogP contribution >= 0.6 is 0 Å². The summed E-state index contributed by atoms with van der Waals surface area (Å²) < 4.78 is 0. The smallest absolute Gasteiger partial charge is 0.141 e. The topological polar surface area (TPSA) is 20.1 Å². The van der Waals surface area contributed by atoms with Crippen molar-refractivity contribution in [1.82, 2.24) is 4.90 Å². The highest BCUT2D eigenvalue weighted by atomic mass is 28.3. The Balaban J connectivity index is 1.65. The second-order valence-electron chi connectivity index (χ2n) is 10.0. The van der Waals surface area contributed by atoms with Crippen molar-refractivity contribution in [3.8, 4) is 0 Å². The van der Waals surface area contributed by atoms with Crippen LogP contribution in [-0.2, 0) is 4.79 Å². The molecular formula is C21H31NOSi. The second kappa shape index (κ2) is 5.04. The zero-order valence-electron chi connectivity index (χ0n) is 15.8. The SMILES string of the molecule is CC1(C)C2CC[C@@]1(CN1[C@H]([Si](C)(C)C)[C@@H]1c1ccccc1)C(=O)C2. The Hall–Kier alpha value is -0.933. The molecule has 1 aromatic rings. The van der Waals surface area contributed by atoms with Crippen LogP contribution in [0.3, 0.4) is 0 Å². The maximum absolute atomic E-state index is 12.9. The summed E-state index contributed by atoms with van der Waals surface area (Å²) in [5, 5.41) is 0. The highest BCUT2D eigenvalue weighted by Gasteiger charge is 2.67. The van der Waals surface area contributed by atoms with Gasteiger partial charge in [-0.3, -0.25) is 9.69 Å². The molecule has 4 rings (SSSR count). The summed E-state index contributed by atoms with van der Waals surface area (Å²) in [7, 11) is -1.29. The van der Waals surface area contributed by atoms with Crippen molar-refractivity contribution in [2.24, 2.45) is 16.7 Å². The van der Waals surface area contributed by atoms with Gasteiger partial charge in [-0.05, 0) is 29.7 Å². The van der Waals surface area contributed by atoms with Gasteiger partial charge < -0.3 is 0 Å². The number of hydrogen-bond acceptors (Lipinski definition) is 2. The van der Waals surface area contributed by atoms with Gasteiger partial charge in [0.15, 0.2) is 0 Å². The Morgan fingerprint density at radius 1 is 1.17 bits per heavy atom. The summed E-state index contributed by atoms with van der Waals surface area (Å²) in [4.78, 5) is 15.6. The predicted molar refractivity (Wildman–Crippen MR) is 102 cm³/mol. The van der Waals surface area contributed by atoms with Crippen LogP contribution in [0.25, 0.3) is 0 Å². The van der Waals surface area contributed by atoms with E-state index in [2.05, 4.69) is 68.7 Å². The van der Waals surface area contributed by atoms with E-state index in [9.17, 15) is 4.79 Å². The van der Waals surface area contributed by atoms with Gasteiger partial charge in [0, 0.05) is 30.1 Å². The first-order valence-electron chi connectivity index (χ1n) is 9.52. The molecule has 3 heteroatoms. The summed E-state index contributed by atoms with van der Waals surface area (Å²) >= 11 is 0. The number of benzene rings is 1. The third kappa shape index (κ3) is 2.13. The van der Waals surface area contributed by atoms with Gasteiger partial charge >= 0.3 is 0 Å². The van der Waals surface area contributed by atoms with Crippen LogP contribution in [0.2, 0.25) is 19.6 Å². The zero-order chi connectivity index (χ0) is 17.3. The molecule has 0 amide bonds. The van der Waals surface area contributed by atoms with E-state index in [-0.39, 0.29) is 10.8 Å². The first-order valence-corrected chi connectivity index (χ1v) is 13.1. The molecule has 24 heavy (non-hydrogen) atoms. The Bertz CT molecular complexity index is 662. The normalized spacial score (nSPS) is 40.1. The lowest BCUT2D eigenvalue weighted by atomic mass is 9.69. The molecule has 2 bridgehead atoms. The summed E-state index contributed by atoms with van der Waals surface area (Å²) in [5.41, 5.74) is 2.22. The van der Waals surface area contributed by atoms with E-state index in [4.69, 9.17) is 0 Å². The molecule has 130 valence electrons. The zero-order valence-corrected chi connectivity index (χ0v) is 16.8. The summed E-state index contributed by atoms with van der Waals surface area (Å²) in [6, 6.07) is 11.5. The molecule has 5 atom stereocenters. The molecular weight excluding hydrogens is 310 g/mol. The van der Waals surface area contributed by atoms with E-state index >= 15 is 0 Å². The molecule has 2 saturated carbocycles. The van der Waals surface area contributed by atoms with Gasteiger partial charge in [-0.25, -0.2) is 0 Å². The van der Waals surface area contributed by atoms with Crippen LogP contribution in [0.4, 0.5) is 0 Å². The molecule has 1 aromatic carbocycles. The van der Waals surface area contributed by atoms with E-state index in [1.54, 1.807) is 0 Å². The molecule has 3 fully saturated rings. The van der Waals surface area contributed by atoms with Gasteiger partial charge in [-0.15, -0.1) is 0 Å². The number of rotatable bonds is 4. The summed E-state index contributed by atoms with van der Waals surface area (Å²) in [6.07, 6.45) is 3.19. The highest BCUT2D eigenvalue weighted by molar-refractivity contribution is 6.78. The molecule has 1 aliphatic heterocycles. The molecule has 0 radical (unpaired) electrons. The lowest BCUT2D eigenvalue weighted by Gasteiger charge is -2.37. The third-order valence-corrected chi connectivity index (χ3v) is 9.97. The van der Waals surface area contributed by atoms with Crippen molar-refractivity contribution >= 4 is 13.9 Å². The van der Waals surface area contributed by atoms with E-state index in [0.717, 1.165) is 19.4 Å². The molecule has 0 N–H and O–H groups in total. The van der Waals surface area contributed by atoms with Crippen molar-refractivity contribution in [1.29, 1.82) is 0 Å². The number of ketones is 1. The average Bonchev–Trinajstić information content (AvgIpc) is 3.14. The largest absolute Gasteiger partial charge is 0.299 e. The number of nitrogens with zero attached hydrogens (tertiary/aromatic N) is 1. The average molecular weight is 342 g/mol. The third-order valence-electron chi connectivity index (χ3n) is 7.54. The van der Waals surface area contributed by atoms with Crippen LogP contribution in [0, 0.1) is 16.7 Å². The fourth-order valence-electron chi connectivity index (χ4n) is 5.92. The van der Waals surface area contributed by atoms with Gasteiger partial charge in [0.2, 0.25) is 0 Å². The van der Waals surface area contributed by atoms with E-state index < -0.39 is 8.07 Å². The van der Waals surface area contributed by atoms with Crippen molar-refractivity contribution in [3.63, 3.8) is 0 Å². The molecule has 2 nitrogen and oxygen atoms in total. The van der Waals surface area contributed by atoms with Gasteiger partial charge in [0.05, 0.1) is 8.07 Å². The van der Waals surface area contributed by atoms with Gasteiger partial charge in [0.25, 0.3) is 0 Å². The first kappa shape index (κ1) is 16.5. The van der Waals surface area contributed by atoms with Crippen molar-refractivity contribution in [2.75, 3.05) is 6.54 Å². The number of carbonyl (C=O) groups is 1. The minimum atomic E-state index is -1.29. The Labute approximate surface area is 147 Å². The molecule has 0 aromatic heterocycles. The minimum absolute atomic E-state index is 0.0842. The standard InChI is InChI=1S/C21H31NOSi/c1-20(2)16-11-12-21(20,17(23)13-16)14-22-18(19(22)24(3,4)5)15-9-7-6-8-10-15/h6-10,16,18-19H,11-14H2,1-5H3/t16?,18-,19+,21+,22?/m0/s1. The Morgan fingerprint density at radius 2 is 1.83 bits per heavy atom. The molecule has 1 saturated heterocycles. The maximum atomic E-state index is 12.9. The van der Waals surface area contributed by atoms with E-state index in [1.807, 2.05) is 0 Å². The molecule has 1 heterocycles. The fraction of sp³-hybridized carbons (Fsp3) is 0.667. The lowest BCUT2D eigenvalue weighted by molar-refractivity contribution is -0.130. The molecule has 3 aliphatic rings. The second-order valence-corrected chi connectivity index (χ2v) is 15.3. The van der Waals surface area contributed by atoms with Gasteiger partial charge in [-0.1, -0.05) is 63.8 Å². The quantitative estimate of drug-likeness (QED) is 0.585. The van der Waals surface area contributed by atoms with Crippen molar-refractivity contribution in [3.05, 3.63) is 35.9 Å². The van der Waals surface area contributed by atoms with Gasteiger partial charge in [0.1, 0.15) is 5.78 Å². The minimum Gasteiger partial charge on any atom is -0.299 e. The highest BCUT2D eigenvalue weighted by Crippen LogP contribution is 2.66. The predicted octanol–water partition coefficient (Wildman–Crippen LogP) is 4.68. The number of Topliss-reactive ketones (excluding diaryl/α,β-unsaturated/α-hetero) is 1. The first-order chi connectivity index (χ1) is 11.2. The van der Waals surface area contributed by atoms with Crippen molar-refractivity contribution in [2.45, 2.75) is 64.5 Å².